The van der Waals surface area contributed by atoms with Gasteiger partial charge in [0.1, 0.15) is 22.9 Å². The highest BCUT2D eigenvalue weighted by Gasteiger charge is 2.14. The van der Waals surface area contributed by atoms with Gasteiger partial charge in [-0.1, -0.05) is 17.7 Å². The van der Waals surface area contributed by atoms with E-state index in [1.54, 1.807) is 36.4 Å². The Kier molecular flexibility index (Phi) is 5.54. The fourth-order valence-corrected chi connectivity index (χ4v) is 2.19. The molecule has 7 heteroatoms. The summed E-state index contributed by atoms with van der Waals surface area (Å²) in [6, 6.07) is 9.67. The number of rotatable bonds is 5. The number of methoxy groups -OCH3 is 3. The second-order valence-electron chi connectivity index (χ2n) is 4.46. The molecular formula is C16H17ClN2O4. The summed E-state index contributed by atoms with van der Waals surface area (Å²) in [4.78, 5) is 12.3. The number of ether oxygens (including phenoxy) is 3. The molecule has 0 bridgehead atoms. The first-order valence-electron chi connectivity index (χ1n) is 6.71. The Morgan fingerprint density at radius 1 is 0.913 bits per heavy atom. The predicted octanol–water partition coefficient (Wildman–Crippen LogP) is 4.01. The van der Waals surface area contributed by atoms with Crippen molar-refractivity contribution in [3.8, 4) is 17.2 Å². The van der Waals surface area contributed by atoms with E-state index in [2.05, 4.69) is 10.6 Å². The summed E-state index contributed by atoms with van der Waals surface area (Å²) in [7, 11) is 4.53. The molecule has 2 amide bonds. The van der Waals surface area contributed by atoms with Crippen LogP contribution in [0.4, 0.5) is 16.2 Å². The molecule has 0 heterocycles. The van der Waals surface area contributed by atoms with Crippen molar-refractivity contribution in [2.24, 2.45) is 0 Å². The molecule has 122 valence electrons. The average Bonchev–Trinajstić information content (AvgIpc) is 2.55. The molecule has 0 atom stereocenters. The van der Waals surface area contributed by atoms with Gasteiger partial charge in [0.15, 0.2) is 0 Å². The Morgan fingerprint density at radius 3 is 2.09 bits per heavy atom. The van der Waals surface area contributed by atoms with Crippen molar-refractivity contribution in [1.82, 2.24) is 0 Å². The first kappa shape index (κ1) is 16.8. The van der Waals surface area contributed by atoms with E-state index in [1.807, 2.05) is 0 Å². The first-order valence-corrected chi connectivity index (χ1v) is 7.09. The van der Waals surface area contributed by atoms with Crippen molar-refractivity contribution in [3.63, 3.8) is 0 Å². The molecule has 2 aromatic rings. The number of benzene rings is 2. The average molecular weight is 337 g/mol. The Morgan fingerprint density at radius 2 is 1.52 bits per heavy atom. The standard InChI is InChI=1S/C16H17ClN2O4/c1-21-12-8-7-10(17)9-11(12)18-16(20)19-15-13(22-2)5-4-6-14(15)23-3/h4-9H,1-3H3,(H2,18,19,20). The van der Waals surface area contributed by atoms with E-state index < -0.39 is 6.03 Å². The maximum Gasteiger partial charge on any atom is 0.324 e. The summed E-state index contributed by atoms with van der Waals surface area (Å²) in [5, 5.41) is 5.87. The number of halogens is 1. The van der Waals surface area contributed by atoms with Crippen molar-refractivity contribution >= 4 is 29.0 Å². The van der Waals surface area contributed by atoms with Gasteiger partial charge in [-0.3, -0.25) is 0 Å². The fourth-order valence-electron chi connectivity index (χ4n) is 2.02. The molecule has 0 saturated carbocycles. The third-order valence-corrected chi connectivity index (χ3v) is 3.31. The van der Waals surface area contributed by atoms with Crippen LogP contribution in [0.15, 0.2) is 36.4 Å². The quantitative estimate of drug-likeness (QED) is 0.865. The van der Waals surface area contributed by atoms with Crippen LogP contribution in [-0.2, 0) is 0 Å². The minimum Gasteiger partial charge on any atom is -0.495 e. The highest BCUT2D eigenvalue weighted by atomic mass is 35.5. The molecule has 23 heavy (non-hydrogen) atoms. The molecule has 0 spiro atoms. The van der Waals surface area contributed by atoms with E-state index in [9.17, 15) is 4.79 Å². The number of hydrogen-bond donors (Lipinski definition) is 2. The van der Waals surface area contributed by atoms with Gasteiger partial charge in [0.05, 0.1) is 27.0 Å². The molecule has 0 aliphatic rings. The van der Waals surface area contributed by atoms with Crippen LogP contribution in [0.25, 0.3) is 0 Å². The van der Waals surface area contributed by atoms with Gasteiger partial charge in [-0.05, 0) is 30.3 Å². The maximum absolute atomic E-state index is 12.3. The zero-order valence-electron chi connectivity index (χ0n) is 13.0. The highest BCUT2D eigenvalue weighted by Crippen LogP contribution is 2.34. The molecule has 2 N–H and O–H groups in total. The van der Waals surface area contributed by atoms with E-state index >= 15 is 0 Å². The summed E-state index contributed by atoms with van der Waals surface area (Å²) in [6.07, 6.45) is 0. The molecule has 0 fully saturated rings. The fraction of sp³-hybridized carbons (Fsp3) is 0.188. The van der Waals surface area contributed by atoms with Gasteiger partial charge in [-0.25, -0.2) is 4.79 Å². The molecule has 0 aromatic heterocycles. The highest BCUT2D eigenvalue weighted by molar-refractivity contribution is 6.31. The van der Waals surface area contributed by atoms with E-state index in [-0.39, 0.29) is 0 Å². The van der Waals surface area contributed by atoms with Crippen LogP contribution in [-0.4, -0.2) is 27.4 Å². The van der Waals surface area contributed by atoms with Crippen LogP contribution in [0.3, 0.4) is 0 Å². The predicted molar refractivity (Wildman–Crippen MR) is 90.2 cm³/mol. The number of hydrogen-bond acceptors (Lipinski definition) is 4. The SMILES string of the molecule is COc1ccc(Cl)cc1NC(=O)Nc1c(OC)cccc1OC. The van der Waals surface area contributed by atoms with E-state index in [0.717, 1.165) is 0 Å². The summed E-state index contributed by atoms with van der Waals surface area (Å²) < 4.78 is 15.7. The zero-order valence-corrected chi connectivity index (χ0v) is 13.7. The Balaban J connectivity index is 2.22. The molecular weight excluding hydrogens is 320 g/mol. The van der Waals surface area contributed by atoms with Crippen LogP contribution >= 0.6 is 11.6 Å². The van der Waals surface area contributed by atoms with Crippen LogP contribution < -0.4 is 24.8 Å². The number of nitrogens with one attached hydrogen (secondary N) is 2. The Labute approximate surface area is 139 Å². The van der Waals surface area contributed by atoms with Crippen LogP contribution in [0.5, 0.6) is 17.2 Å². The van der Waals surface area contributed by atoms with E-state index in [1.165, 1.54) is 21.3 Å². The molecule has 0 radical (unpaired) electrons. The van der Waals surface area contributed by atoms with Gasteiger partial charge in [0.25, 0.3) is 0 Å². The maximum atomic E-state index is 12.3. The second-order valence-corrected chi connectivity index (χ2v) is 4.90. The van der Waals surface area contributed by atoms with Crippen LogP contribution in [0.1, 0.15) is 0 Å². The van der Waals surface area contributed by atoms with Gasteiger partial charge in [0.2, 0.25) is 0 Å². The molecule has 0 aliphatic heterocycles. The number of anilines is 2. The monoisotopic (exact) mass is 336 g/mol. The third-order valence-electron chi connectivity index (χ3n) is 3.08. The number of urea groups is 1. The molecule has 2 aromatic carbocycles. The minimum atomic E-state index is -0.478. The molecule has 0 aliphatic carbocycles. The normalized spacial score (nSPS) is 9.91. The number of amides is 2. The largest absolute Gasteiger partial charge is 0.495 e. The topological polar surface area (TPSA) is 68.8 Å². The van der Waals surface area contributed by atoms with Crippen molar-refractivity contribution < 1.29 is 19.0 Å². The third kappa shape index (κ3) is 3.98. The van der Waals surface area contributed by atoms with Crippen LogP contribution in [0, 0.1) is 0 Å². The first-order chi connectivity index (χ1) is 11.1. The number of carbonyl (C=O) groups excluding carboxylic acids is 1. The minimum absolute atomic E-state index is 0.427. The summed E-state index contributed by atoms with van der Waals surface area (Å²) >= 11 is 5.95. The summed E-state index contributed by atoms with van der Waals surface area (Å²) in [5.41, 5.74) is 0.877. The van der Waals surface area contributed by atoms with Crippen molar-refractivity contribution in [3.05, 3.63) is 41.4 Å². The van der Waals surface area contributed by atoms with Crippen molar-refractivity contribution in [2.45, 2.75) is 0 Å². The van der Waals surface area contributed by atoms with Crippen molar-refractivity contribution in [1.29, 1.82) is 0 Å². The Bertz CT molecular complexity index is 684. The lowest BCUT2D eigenvalue weighted by atomic mass is 10.2. The zero-order chi connectivity index (χ0) is 16.8. The smallest absolute Gasteiger partial charge is 0.324 e. The van der Waals surface area contributed by atoms with Gasteiger partial charge in [0, 0.05) is 5.02 Å². The summed E-state index contributed by atoms with van der Waals surface area (Å²) in [6.45, 7) is 0. The molecule has 0 unspecified atom stereocenters. The van der Waals surface area contributed by atoms with Gasteiger partial charge in [-0.2, -0.15) is 0 Å². The van der Waals surface area contributed by atoms with E-state index in [0.29, 0.717) is 33.6 Å². The Hall–Kier alpha value is -2.60. The van der Waals surface area contributed by atoms with Gasteiger partial charge < -0.3 is 24.8 Å². The second kappa shape index (κ2) is 7.60. The lowest BCUT2D eigenvalue weighted by Crippen LogP contribution is -2.20. The summed E-state index contributed by atoms with van der Waals surface area (Å²) in [5.74, 6) is 1.46. The van der Waals surface area contributed by atoms with Gasteiger partial charge in [-0.15, -0.1) is 0 Å². The van der Waals surface area contributed by atoms with E-state index in [4.69, 9.17) is 25.8 Å². The lowest BCUT2D eigenvalue weighted by molar-refractivity contribution is 0.261. The number of carbonyl (C=O) groups is 1. The lowest BCUT2D eigenvalue weighted by Gasteiger charge is -2.15. The molecule has 2 rings (SSSR count). The number of para-hydroxylation sites is 1. The molecule has 6 nitrogen and oxygen atoms in total. The van der Waals surface area contributed by atoms with Crippen LogP contribution in [0.2, 0.25) is 5.02 Å². The molecule has 0 saturated heterocycles. The van der Waals surface area contributed by atoms with Gasteiger partial charge >= 0.3 is 6.03 Å². The van der Waals surface area contributed by atoms with Crippen molar-refractivity contribution in [2.75, 3.05) is 32.0 Å².